The molecule has 0 rings (SSSR count). The molecule has 0 radical (unpaired) electrons. The van der Waals surface area contributed by atoms with Gasteiger partial charge in [0, 0.05) is 27.3 Å². The fourth-order valence-corrected chi connectivity index (χ4v) is 1.02. The zero-order valence-corrected chi connectivity index (χ0v) is 9.10. The molecular weight excluding hydrogens is 200 g/mol. The van der Waals surface area contributed by atoms with Crippen molar-refractivity contribution >= 4 is 11.9 Å². The highest BCUT2D eigenvalue weighted by Crippen LogP contribution is 1.97. The van der Waals surface area contributed by atoms with Crippen LogP contribution in [0, 0.1) is 0 Å². The molecule has 0 saturated carbocycles. The summed E-state index contributed by atoms with van der Waals surface area (Å²) in [5, 5.41) is 8.43. The molecule has 1 unspecified atom stereocenters. The molecular formula is C9H18N2O4. The average Bonchev–Trinajstić information content (AvgIpc) is 2.21. The topological polar surface area (TPSA) is 92.9 Å². The molecule has 0 aliphatic heterocycles. The number of carbonyl (C=O) groups is 2. The Morgan fingerprint density at radius 3 is 2.60 bits per heavy atom. The second-order valence-electron chi connectivity index (χ2n) is 3.29. The third-order valence-electron chi connectivity index (χ3n) is 1.99. The minimum Gasteiger partial charge on any atom is -0.481 e. The zero-order chi connectivity index (χ0) is 11.8. The van der Waals surface area contributed by atoms with Gasteiger partial charge in [0.2, 0.25) is 5.91 Å². The van der Waals surface area contributed by atoms with Crippen molar-refractivity contribution in [1.82, 2.24) is 4.90 Å². The van der Waals surface area contributed by atoms with Crippen molar-refractivity contribution in [2.75, 3.05) is 27.3 Å². The first kappa shape index (κ1) is 13.9. The van der Waals surface area contributed by atoms with E-state index in [0.29, 0.717) is 13.0 Å². The molecule has 88 valence electrons. The minimum atomic E-state index is -0.930. The number of nitrogens with two attached hydrogens (primary N) is 1. The van der Waals surface area contributed by atoms with Gasteiger partial charge in [-0.1, -0.05) is 0 Å². The van der Waals surface area contributed by atoms with Crippen molar-refractivity contribution < 1.29 is 19.4 Å². The van der Waals surface area contributed by atoms with Crippen LogP contribution in [0.4, 0.5) is 0 Å². The van der Waals surface area contributed by atoms with Crippen LogP contribution in [0.3, 0.4) is 0 Å². The second-order valence-corrected chi connectivity index (χ2v) is 3.29. The maximum Gasteiger partial charge on any atom is 0.305 e. The van der Waals surface area contributed by atoms with E-state index in [1.165, 1.54) is 19.1 Å². The van der Waals surface area contributed by atoms with Gasteiger partial charge in [0.05, 0.1) is 12.5 Å². The van der Waals surface area contributed by atoms with E-state index < -0.39 is 12.0 Å². The first-order valence-electron chi connectivity index (χ1n) is 4.70. The Morgan fingerprint density at radius 2 is 2.13 bits per heavy atom. The molecule has 0 bridgehead atoms. The number of carbonyl (C=O) groups excluding carboxylic acids is 1. The molecule has 0 aliphatic rings. The summed E-state index contributed by atoms with van der Waals surface area (Å²) >= 11 is 0. The highest BCUT2D eigenvalue weighted by Gasteiger charge is 2.17. The summed E-state index contributed by atoms with van der Waals surface area (Å²) in [7, 11) is 3.07. The maximum absolute atomic E-state index is 11.5. The molecule has 0 heterocycles. The molecule has 1 amide bonds. The number of hydrogen-bond acceptors (Lipinski definition) is 4. The molecule has 0 aromatic rings. The third-order valence-corrected chi connectivity index (χ3v) is 1.99. The van der Waals surface area contributed by atoms with Crippen molar-refractivity contribution in [2.45, 2.75) is 18.9 Å². The van der Waals surface area contributed by atoms with E-state index in [4.69, 9.17) is 15.6 Å². The smallest absolute Gasteiger partial charge is 0.305 e. The molecule has 6 nitrogen and oxygen atoms in total. The number of rotatable bonds is 7. The number of aliphatic carboxylic acids is 1. The molecule has 3 N–H and O–H groups in total. The fraction of sp³-hybridized carbons (Fsp3) is 0.778. The number of hydrogen-bond donors (Lipinski definition) is 2. The van der Waals surface area contributed by atoms with Gasteiger partial charge < -0.3 is 20.5 Å². The predicted molar refractivity (Wildman–Crippen MR) is 54.4 cm³/mol. The van der Waals surface area contributed by atoms with Crippen LogP contribution in [0.1, 0.15) is 12.8 Å². The number of carboxylic acid groups (broad SMARTS) is 1. The second kappa shape index (κ2) is 7.19. The van der Waals surface area contributed by atoms with Crippen molar-refractivity contribution in [3.63, 3.8) is 0 Å². The summed E-state index contributed by atoms with van der Waals surface area (Å²) in [5.74, 6) is -1.19. The van der Waals surface area contributed by atoms with E-state index in [-0.39, 0.29) is 18.9 Å². The van der Waals surface area contributed by atoms with Crippen LogP contribution >= 0.6 is 0 Å². The number of carboxylic acids is 1. The summed E-state index contributed by atoms with van der Waals surface area (Å²) in [5.41, 5.74) is 5.59. The van der Waals surface area contributed by atoms with Gasteiger partial charge in [-0.2, -0.15) is 0 Å². The van der Waals surface area contributed by atoms with Gasteiger partial charge >= 0.3 is 5.97 Å². The lowest BCUT2D eigenvalue weighted by atomic mass is 10.2. The van der Waals surface area contributed by atoms with Crippen LogP contribution in [-0.4, -0.2) is 55.2 Å². The first-order valence-corrected chi connectivity index (χ1v) is 4.70. The monoisotopic (exact) mass is 218 g/mol. The van der Waals surface area contributed by atoms with Gasteiger partial charge in [0.1, 0.15) is 0 Å². The largest absolute Gasteiger partial charge is 0.481 e. The number of likely N-dealkylation sites (N-methyl/N-ethyl adjacent to an activating group) is 1. The molecule has 0 fully saturated rings. The van der Waals surface area contributed by atoms with E-state index in [1.807, 2.05) is 0 Å². The average molecular weight is 218 g/mol. The lowest BCUT2D eigenvalue weighted by Crippen LogP contribution is -2.43. The van der Waals surface area contributed by atoms with Crippen LogP contribution in [-0.2, 0) is 14.3 Å². The van der Waals surface area contributed by atoms with E-state index in [0.717, 1.165) is 0 Å². The highest BCUT2D eigenvalue weighted by molar-refractivity contribution is 5.81. The quantitative estimate of drug-likeness (QED) is 0.588. The van der Waals surface area contributed by atoms with Gasteiger partial charge in [-0.25, -0.2) is 0 Å². The van der Waals surface area contributed by atoms with Crippen molar-refractivity contribution in [3.8, 4) is 0 Å². The lowest BCUT2D eigenvalue weighted by molar-refractivity contribution is -0.138. The lowest BCUT2D eigenvalue weighted by Gasteiger charge is -2.20. The Morgan fingerprint density at radius 1 is 1.53 bits per heavy atom. The number of methoxy groups -OCH3 is 1. The van der Waals surface area contributed by atoms with Gasteiger partial charge in [-0.05, 0) is 6.42 Å². The molecule has 1 atom stereocenters. The Labute approximate surface area is 89.0 Å². The van der Waals surface area contributed by atoms with E-state index in [9.17, 15) is 9.59 Å². The van der Waals surface area contributed by atoms with Gasteiger partial charge in [-0.3, -0.25) is 9.59 Å². The summed E-state index contributed by atoms with van der Waals surface area (Å²) in [6, 6.07) is -0.622. The van der Waals surface area contributed by atoms with Crippen LogP contribution in [0.2, 0.25) is 0 Å². The summed E-state index contributed by atoms with van der Waals surface area (Å²) in [6.45, 7) is 0.592. The van der Waals surface area contributed by atoms with Crippen LogP contribution in [0.25, 0.3) is 0 Å². The van der Waals surface area contributed by atoms with Gasteiger partial charge in [-0.15, -0.1) is 0 Å². The molecule has 0 aromatic heterocycles. The van der Waals surface area contributed by atoms with Crippen LogP contribution in [0.5, 0.6) is 0 Å². The van der Waals surface area contributed by atoms with Crippen molar-refractivity contribution in [2.24, 2.45) is 5.73 Å². The normalized spacial score (nSPS) is 12.2. The van der Waals surface area contributed by atoms with E-state index in [2.05, 4.69) is 0 Å². The number of nitrogens with zero attached hydrogens (tertiary/aromatic N) is 1. The SMILES string of the molecule is COCCC(N)C(=O)N(C)CCC(=O)O. The van der Waals surface area contributed by atoms with Crippen LogP contribution in [0.15, 0.2) is 0 Å². The molecule has 0 aliphatic carbocycles. The van der Waals surface area contributed by atoms with Gasteiger partial charge in [0.25, 0.3) is 0 Å². The minimum absolute atomic E-state index is 0.0702. The van der Waals surface area contributed by atoms with Gasteiger partial charge in [0.15, 0.2) is 0 Å². The Bertz CT molecular complexity index is 220. The van der Waals surface area contributed by atoms with Crippen LogP contribution < -0.4 is 5.73 Å². The molecule has 6 heteroatoms. The number of ether oxygens (including phenoxy) is 1. The molecule has 0 spiro atoms. The standard InChI is InChI=1S/C9H18N2O4/c1-11(5-3-8(12)13)9(14)7(10)4-6-15-2/h7H,3-6,10H2,1-2H3,(H,12,13). The van der Waals surface area contributed by atoms with E-state index in [1.54, 1.807) is 0 Å². The van der Waals surface area contributed by atoms with E-state index >= 15 is 0 Å². The summed E-state index contributed by atoms with van der Waals surface area (Å²) < 4.78 is 4.80. The Hall–Kier alpha value is -1.14. The van der Waals surface area contributed by atoms with Crippen molar-refractivity contribution in [3.05, 3.63) is 0 Å². The molecule has 0 aromatic carbocycles. The molecule has 0 saturated heterocycles. The highest BCUT2D eigenvalue weighted by atomic mass is 16.5. The molecule has 15 heavy (non-hydrogen) atoms. The Kier molecular flexibility index (Phi) is 6.64. The van der Waals surface area contributed by atoms with Crippen molar-refractivity contribution in [1.29, 1.82) is 0 Å². The Balaban J connectivity index is 3.90. The third kappa shape index (κ3) is 6.03. The summed E-state index contributed by atoms with van der Waals surface area (Å²) in [6.07, 6.45) is 0.367. The first-order chi connectivity index (χ1) is 6.99. The summed E-state index contributed by atoms with van der Waals surface area (Å²) in [4.78, 5) is 23.1. The fourth-order valence-electron chi connectivity index (χ4n) is 1.02. The zero-order valence-electron chi connectivity index (χ0n) is 9.10. The number of amides is 1. The maximum atomic E-state index is 11.5. The predicted octanol–water partition coefficient (Wildman–Crippen LogP) is -0.717.